The first kappa shape index (κ1) is 38.9. The maximum Gasteiger partial charge on any atom is 0.266 e. The lowest BCUT2D eigenvalue weighted by atomic mass is 9.82. The predicted molar refractivity (Wildman–Crippen MR) is 211 cm³/mol. The molecule has 0 spiro atoms. The van der Waals surface area contributed by atoms with Crippen LogP contribution in [0.5, 0.6) is 5.75 Å². The van der Waals surface area contributed by atoms with Crippen LogP contribution in [0.2, 0.25) is 0 Å². The quantitative estimate of drug-likeness (QED) is 0.102. The fourth-order valence-corrected chi connectivity index (χ4v) is 8.41. The van der Waals surface area contributed by atoms with E-state index in [9.17, 15) is 29.1 Å². The third kappa shape index (κ3) is 8.07. The second kappa shape index (κ2) is 17.2. The number of likely N-dealkylation sites (tertiary alicyclic amines) is 1. The van der Waals surface area contributed by atoms with Crippen LogP contribution < -0.4 is 20.7 Å². The molecule has 15 heteroatoms. The molecule has 8 rings (SSSR count). The lowest BCUT2D eigenvalue weighted by Crippen LogP contribution is -2.54. The number of aliphatic hydroxyl groups is 1. The Kier molecular flexibility index (Phi) is 11.5. The third-order valence-electron chi connectivity index (χ3n) is 11.1. The normalized spacial score (nSPS) is 21.2. The van der Waals surface area contributed by atoms with Crippen molar-refractivity contribution in [2.75, 3.05) is 56.8 Å². The van der Waals surface area contributed by atoms with Gasteiger partial charge in [-0.3, -0.25) is 44.1 Å². The number of carbonyl (C=O) groups is 5. The van der Waals surface area contributed by atoms with Gasteiger partial charge in [-0.1, -0.05) is 24.3 Å². The Bertz CT molecular complexity index is 2220. The van der Waals surface area contributed by atoms with E-state index in [1.54, 1.807) is 12.1 Å². The third-order valence-corrected chi connectivity index (χ3v) is 11.1. The molecule has 0 aliphatic carbocycles. The van der Waals surface area contributed by atoms with Crippen molar-refractivity contribution in [1.29, 1.82) is 0 Å². The van der Waals surface area contributed by atoms with Crippen LogP contribution in [0, 0.1) is 5.92 Å². The summed E-state index contributed by atoms with van der Waals surface area (Å²) in [6.07, 6.45) is 4.72. The Hall–Kier alpha value is -6.00. The van der Waals surface area contributed by atoms with E-state index in [-0.39, 0.29) is 93.3 Å². The van der Waals surface area contributed by atoms with E-state index in [0.29, 0.717) is 5.69 Å². The molecule has 0 saturated carbocycles. The van der Waals surface area contributed by atoms with Gasteiger partial charge in [0.15, 0.2) is 0 Å². The molecule has 4 aromatic rings. The summed E-state index contributed by atoms with van der Waals surface area (Å²) in [4.78, 5) is 70.6. The first-order valence-corrected chi connectivity index (χ1v) is 19.5. The topological polar surface area (TPSA) is 189 Å². The van der Waals surface area contributed by atoms with Crippen molar-refractivity contribution in [2.45, 2.75) is 43.9 Å². The van der Waals surface area contributed by atoms with Gasteiger partial charge in [0.1, 0.15) is 25.0 Å². The van der Waals surface area contributed by atoms with E-state index in [1.165, 1.54) is 17.2 Å². The lowest BCUT2D eigenvalue weighted by Gasteiger charge is -2.39. The summed E-state index contributed by atoms with van der Waals surface area (Å²) in [7, 11) is 0. The molecule has 5 heterocycles. The Morgan fingerprint density at radius 1 is 0.879 bits per heavy atom. The van der Waals surface area contributed by atoms with E-state index in [4.69, 9.17) is 14.2 Å². The Morgan fingerprint density at radius 3 is 2.50 bits per heavy atom. The number of aliphatic hydroxyl groups excluding tert-OH is 1. The molecule has 1 aromatic heterocycles. The first-order valence-electron chi connectivity index (χ1n) is 19.5. The zero-order valence-corrected chi connectivity index (χ0v) is 31.7. The Balaban J connectivity index is 0.797. The number of nitrogens with zero attached hydrogens (tertiary/aromatic N) is 3. The molecule has 0 bridgehead atoms. The van der Waals surface area contributed by atoms with Gasteiger partial charge in [-0.05, 0) is 90.2 Å². The molecule has 4 aliphatic heterocycles. The van der Waals surface area contributed by atoms with Crippen LogP contribution in [-0.4, -0.2) is 108 Å². The maximum absolute atomic E-state index is 13.2. The van der Waals surface area contributed by atoms with Crippen LogP contribution in [-0.2, 0) is 30.4 Å². The molecule has 4 atom stereocenters. The van der Waals surface area contributed by atoms with Crippen molar-refractivity contribution >= 4 is 40.9 Å². The van der Waals surface area contributed by atoms with Crippen molar-refractivity contribution in [3.8, 4) is 16.9 Å². The molecule has 15 nitrogen and oxygen atoms in total. The lowest BCUT2D eigenvalue weighted by molar-refractivity contribution is -0.136. The summed E-state index contributed by atoms with van der Waals surface area (Å²) in [5, 5.41) is 18.9. The molecular weight excluding hydrogens is 745 g/mol. The molecule has 0 radical (unpaired) electrons. The van der Waals surface area contributed by atoms with Crippen molar-refractivity contribution in [3.05, 3.63) is 107 Å². The zero-order valence-electron chi connectivity index (χ0n) is 31.7. The summed E-state index contributed by atoms with van der Waals surface area (Å²) in [6, 6.07) is 21.9. The van der Waals surface area contributed by atoms with E-state index in [2.05, 4.69) is 44.0 Å². The number of hydrogen-bond acceptors (Lipinski definition) is 12. The van der Waals surface area contributed by atoms with Crippen LogP contribution in [0.15, 0.2) is 85.2 Å². The average molecular weight is 789 g/mol. The summed E-state index contributed by atoms with van der Waals surface area (Å²) >= 11 is 0. The van der Waals surface area contributed by atoms with Crippen LogP contribution in [0.3, 0.4) is 0 Å². The average Bonchev–Trinajstić information content (AvgIpc) is 3.76. The maximum atomic E-state index is 13.2. The van der Waals surface area contributed by atoms with Gasteiger partial charge >= 0.3 is 0 Å². The molecule has 3 aromatic carbocycles. The van der Waals surface area contributed by atoms with Crippen molar-refractivity contribution < 1.29 is 43.3 Å². The number of amides is 5. The minimum atomic E-state index is -1.06. The van der Waals surface area contributed by atoms with Gasteiger partial charge in [-0.2, -0.15) is 0 Å². The molecule has 4 N–H and O–H groups in total. The summed E-state index contributed by atoms with van der Waals surface area (Å²) in [6.45, 7) is 2.19. The highest BCUT2D eigenvalue weighted by atomic mass is 16.5. The summed E-state index contributed by atoms with van der Waals surface area (Å²) < 4.78 is 16.9. The van der Waals surface area contributed by atoms with E-state index >= 15 is 0 Å². The first-order chi connectivity index (χ1) is 28.3. The number of hydrogen-bond donors (Lipinski definition) is 4. The smallest absolute Gasteiger partial charge is 0.266 e. The monoisotopic (exact) mass is 788 g/mol. The molecule has 5 amide bonds. The summed E-state index contributed by atoms with van der Waals surface area (Å²) in [5.41, 5.74) is 6.25. The fraction of sp³-hybridized carbons (Fsp3) is 0.349. The Labute approximate surface area is 334 Å². The highest BCUT2D eigenvalue weighted by Crippen LogP contribution is 2.48. The number of piperidine rings is 1. The number of carbonyl (C=O) groups excluding carboxylic acids is 5. The van der Waals surface area contributed by atoms with Crippen molar-refractivity contribution in [1.82, 2.24) is 20.1 Å². The number of imide groups is 2. The largest absolute Gasteiger partial charge is 0.490 e. The zero-order chi connectivity index (χ0) is 40.2. The number of fused-ring (bicyclic) bond motifs is 4. The van der Waals surface area contributed by atoms with E-state index in [0.717, 1.165) is 41.2 Å². The molecular formula is C43H44N6O9. The minimum Gasteiger partial charge on any atom is -0.490 e. The number of anilines is 2. The predicted octanol–water partition coefficient (Wildman–Crippen LogP) is 3.55. The standard InChI is InChI=1S/C43H44N6O9/c50-24-34-30-13-16-48(23-26-11-14-44-15-12-26)40(30)32-22-28(7-8-33(32)46-34)27-3-1-4-29(21-27)45-38(52)25-57-18-17-56-19-20-58-36-6-2-5-31-39(36)43(55)49(42(31)54)35-9-10-37(51)47-41(35)53/h1-8,11-12,14-15,21-22,30,34-35,40,46,50H,9-10,13,16-20,23-25H2,(H,45,52)(H,47,51,53)/t30-,34-,35?,40-/m1/s1. The number of rotatable bonds is 15. The van der Waals surface area contributed by atoms with Crippen LogP contribution >= 0.6 is 0 Å². The van der Waals surface area contributed by atoms with Gasteiger partial charge in [-0.15, -0.1) is 0 Å². The van der Waals surface area contributed by atoms with Gasteiger partial charge < -0.3 is 30.0 Å². The van der Waals surface area contributed by atoms with Gasteiger partial charge in [-0.25, -0.2) is 0 Å². The number of benzene rings is 3. The second-order valence-electron chi connectivity index (χ2n) is 14.7. The molecule has 300 valence electrons. The van der Waals surface area contributed by atoms with Crippen LogP contribution in [0.4, 0.5) is 11.4 Å². The molecule has 2 fully saturated rings. The van der Waals surface area contributed by atoms with Gasteiger partial charge in [0.2, 0.25) is 17.7 Å². The molecule has 2 saturated heterocycles. The molecule has 1 unspecified atom stereocenters. The van der Waals surface area contributed by atoms with E-state index in [1.807, 2.05) is 48.8 Å². The van der Waals surface area contributed by atoms with E-state index < -0.39 is 29.7 Å². The van der Waals surface area contributed by atoms with Gasteiger partial charge in [0.25, 0.3) is 11.8 Å². The molecule has 58 heavy (non-hydrogen) atoms. The number of ether oxygens (including phenoxy) is 3. The fourth-order valence-electron chi connectivity index (χ4n) is 8.41. The highest BCUT2D eigenvalue weighted by molar-refractivity contribution is 6.24. The Morgan fingerprint density at radius 2 is 1.67 bits per heavy atom. The minimum absolute atomic E-state index is 0.0157. The highest BCUT2D eigenvalue weighted by Gasteiger charge is 2.46. The van der Waals surface area contributed by atoms with Crippen LogP contribution in [0.25, 0.3) is 11.1 Å². The number of nitrogens with one attached hydrogen (secondary N) is 3. The van der Waals surface area contributed by atoms with Gasteiger partial charge in [0.05, 0.1) is 43.6 Å². The molecule has 4 aliphatic rings. The van der Waals surface area contributed by atoms with Crippen LogP contribution in [0.1, 0.15) is 57.1 Å². The van der Waals surface area contributed by atoms with Gasteiger partial charge in [0, 0.05) is 48.7 Å². The number of aromatic nitrogens is 1. The van der Waals surface area contributed by atoms with Crippen molar-refractivity contribution in [3.63, 3.8) is 0 Å². The SMILES string of the molecule is O=C1CCC(N2C(=O)c3cccc(OCCOCCOCC(=O)Nc4cccc(-c5ccc6c(c5)[C@H]5[C@H](CCN5Cc5ccncc5)[C@@H](CO)N6)c4)c3C2=O)C(=O)N1. The van der Waals surface area contributed by atoms with Crippen molar-refractivity contribution in [2.24, 2.45) is 5.92 Å². The summed E-state index contributed by atoms with van der Waals surface area (Å²) in [5.74, 6) is -2.22. The second-order valence-corrected chi connectivity index (χ2v) is 14.7. The number of pyridine rings is 1.